The molecule has 2 saturated heterocycles. The van der Waals surface area contributed by atoms with Crippen LogP contribution in [0, 0.1) is 0 Å². The zero-order chi connectivity index (χ0) is 40.0. The van der Waals surface area contributed by atoms with Crippen molar-refractivity contribution in [2.24, 2.45) is 0 Å². The van der Waals surface area contributed by atoms with Crippen molar-refractivity contribution < 1.29 is 18.9 Å². The standard InChI is InChI=1S/C19H21N7O2.C13H14ClN5O.C6H8N2O/c1-27-18-5-3-14(12-22-18)23-17-10-15(13-2-4-16(20)21-11-13)24-19(25-17)26-6-8-28-9-7-26;14-11-7-10(9-1-2-12(15)16-8-9)17-13(18-11)19-3-5-20-6-4-19;1-9-6-3-2-5(7)4-8-6/h2-5,10-12H,6-9H2,1H3,(H2,20,21)(H,23,24,25);1-2,7-8H,3-6H2,(H2,15,16);2-4H,7H2,1H3. The lowest BCUT2D eigenvalue weighted by molar-refractivity contribution is 0.122. The van der Waals surface area contributed by atoms with Gasteiger partial charge >= 0.3 is 0 Å². The minimum absolute atomic E-state index is 0.410. The first-order chi connectivity index (χ1) is 27.8. The van der Waals surface area contributed by atoms with Crippen LogP contribution in [0.1, 0.15) is 0 Å². The van der Waals surface area contributed by atoms with Crippen LogP contribution >= 0.6 is 11.6 Å². The number of morpholine rings is 2. The Balaban J connectivity index is 0.000000164. The highest BCUT2D eigenvalue weighted by Crippen LogP contribution is 2.26. The van der Waals surface area contributed by atoms with E-state index < -0.39 is 0 Å². The average molecular weight is 795 g/mol. The maximum atomic E-state index is 6.10. The highest BCUT2D eigenvalue weighted by atomic mass is 35.5. The zero-order valence-corrected chi connectivity index (χ0v) is 32.2. The summed E-state index contributed by atoms with van der Waals surface area (Å²) in [7, 11) is 3.15. The van der Waals surface area contributed by atoms with Crippen LogP contribution in [0.4, 0.5) is 40.7 Å². The number of nitrogen functional groups attached to an aromatic ring is 3. The Morgan fingerprint density at radius 3 is 1.60 bits per heavy atom. The first-order valence-corrected chi connectivity index (χ1v) is 18.2. The van der Waals surface area contributed by atoms with E-state index in [0.29, 0.717) is 78.4 Å². The summed E-state index contributed by atoms with van der Waals surface area (Å²) in [5.41, 5.74) is 21.3. The normalized spacial score (nSPS) is 13.7. The Kier molecular flexibility index (Phi) is 13.9. The third kappa shape index (κ3) is 11.7. The van der Waals surface area contributed by atoms with Gasteiger partial charge in [0.2, 0.25) is 23.7 Å². The molecule has 6 aromatic rings. The molecule has 0 amide bonds. The lowest BCUT2D eigenvalue weighted by Crippen LogP contribution is -2.37. The molecule has 0 spiro atoms. The van der Waals surface area contributed by atoms with Crippen LogP contribution in [-0.2, 0) is 9.47 Å². The lowest BCUT2D eigenvalue weighted by atomic mass is 10.2. The van der Waals surface area contributed by atoms with Gasteiger partial charge in [0.25, 0.3) is 0 Å². The number of ether oxygens (including phenoxy) is 4. The van der Waals surface area contributed by atoms with Gasteiger partial charge < -0.3 is 51.3 Å². The van der Waals surface area contributed by atoms with Gasteiger partial charge in [0.15, 0.2) is 0 Å². The predicted molar refractivity (Wildman–Crippen MR) is 220 cm³/mol. The maximum absolute atomic E-state index is 6.10. The molecule has 0 unspecified atom stereocenters. The molecule has 8 heterocycles. The van der Waals surface area contributed by atoms with Crippen LogP contribution < -0.4 is 41.8 Å². The largest absolute Gasteiger partial charge is 0.481 e. The van der Waals surface area contributed by atoms with Crippen LogP contribution in [0.3, 0.4) is 0 Å². The minimum Gasteiger partial charge on any atom is -0.481 e. The number of rotatable bonds is 8. The summed E-state index contributed by atoms with van der Waals surface area (Å²) in [6, 6.07) is 18.0. The van der Waals surface area contributed by atoms with Gasteiger partial charge in [0, 0.05) is 74.0 Å². The van der Waals surface area contributed by atoms with E-state index in [2.05, 4.69) is 50.0 Å². The molecule has 0 saturated carbocycles. The summed E-state index contributed by atoms with van der Waals surface area (Å²) in [4.78, 5) is 38.7. The summed E-state index contributed by atoms with van der Waals surface area (Å²) < 4.78 is 20.7. The minimum atomic E-state index is 0.410. The molecule has 19 heteroatoms. The monoisotopic (exact) mass is 794 g/mol. The highest BCUT2D eigenvalue weighted by molar-refractivity contribution is 6.29. The van der Waals surface area contributed by atoms with E-state index in [1.165, 1.54) is 0 Å². The quantitative estimate of drug-likeness (QED) is 0.156. The molecule has 18 nitrogen and oxygen atoms in total. The van der Waals surface area contributed by atoms with Crippen molar-refractivity contribution in [2.75, 3.05) is 99.1 Å². The van der Waals surface area contributed by atoms with Crippen molar-refractivity contribution in [3.05, 3.63) is 90.6 Å². The number of aromatic nitrogens is 8. The molecular weight excluding hydrogens is 752 g/mol. The Morgan fingerprint density at radius 1 is 0.596 bits per heavy atom. The number of methoxy groups -OCH3 is 2. The van der Waals surface area contributed by atoms with Gasteiger partial charge in [-0.25, -0.2) is 34.9 Å². The zero-order valence-electron chi connectivity index (χ0n) is 31.5. The van der Waals surface area contributed by atoms with E-state index in [-0.39, 0.29) is 0 Å². The third-order valence-electron chi connectivity index (χ3n) is 8.34. The van der Waals surface area contributed by atoms with Gasteiger partial charge in [0.05, 0.1) is 75.8 Å². The van der Waals surface area contributed by atoms with Crippen LogP contribution in [-0.4, -0.2) is 107 Å². The Bertz CT molecular complexity index is 2150. The molecule has 296 valence electrons. The van der Waals surface area contributed by atoms with E-state index in [1.54, 1.807) is 75.4 Å². The van der Waals surface area contributed by atoms with E-state index >= 15 is 0 Å². The molecule has 2 aliphatic rings. The van der Waals surface area contributed by atoms with Gasteiger partial charge in [-0.15, -0.1) is 0 Å². The van der Waals surface area contributed by atoms with Gasteiger partial charge in [-0.2, -0.15) is 4.98 Å². The molecule has 57 heavy (non-hydrogen) atoms. The van der Waals surface area contributed by atoms with E-state index in [4.69, 9.17) is 52.7 Å². The number of nitrogens with one attached hydrogen (secondary N) is 1. The van der Waals surface area contributed by atoms with Gasteiger partial charge in [-0.1, -0.05) is 11.6 Å². The molecule has 0 atom stereocenters. The molecular formula is C38H43ClN14O4. The summed E-state index contributed by atoms with van der Waals surface area (Å²) in [6.45, 7) is 5.67. The predicted octanol–water partition coefficient (Wildman–Crippen LogP) is 4.39. The summed E-state index contributed by atoms with van der Waals surface area (Å²) >= 11 is 6.10. The fourth-order valence-electron chi connectivity index (χ4n) is 5.36. The maximum Gasteiger partial charge on any atom is 0.228 e. The fourth-order valence-corrected chi connectivity index (χ4v) is 5.54. The molecule has 8 rings (SSSR count). The SMILES string of the molecule is COc1ccc(N)cn1.COc1ccc(Nc2cc(-c3ccc(N)nc3)nc(N3CCOCC3)n2)cn1.Nc1ccc(-c2cc(Cl)nc(N3CCOCC3)n2)cn1. The first kappa shape index (κ1) is 40.0. The first-order valence-electron chi connectivity index (χ1n) is 17.8. The molecule has 0 radical (unpaired) electrons. The smallest absolute Gasteiger partial charge is 0.228 e. The van der Waals surface area contributed by atoms with Gasteiger partial charge in [-0.05, 0) is 36.4 Å². The second-order valence-corrected chi connectivity index (χ2v) is 12.7. The summed E-state index contributed by atoms with van der Waals surface area (Å²) in [5, 5.41) is 3.69. The second-order valence-electron chi connectivity index (χ2n) is 12.3. The van der Waals surface area contributed by atoms with E-state index in [0.717, 1.165) is 54.4 Å². The summed E-state index contributed by atoms with van der Waals surface area (Å²) in [6.07, 6.45) is 6.63. The van der Waals surface area contributed by atoms with Crippen molar-refractivity contribution >= 4 is 52.3 Å². The Morgan fingerprint density at radius 2 is 1.12 bits per heavy atom. The Hall–Kier alpha value is -6.63. The molecule has 0 aromatic carbocycles. The molecule has 6 aromatic heterocycles. The number of nitrogens with zero attached hydrogens (tertiary/aromatic N) is 10. The van der Waals surface area contributed by atoms with Crippen LogP contribution in [0.25, 0.3) is 22.5 Å². The number of nitrogens with two attached hydrogens (primary N) is 3. The topological polar surface area (TPSA) is 237 Å². The molecule has 2 aliphatic heterocycles. The van der Waals surface area contributed by atoms with Crippen LogP contribution in [0.5, 0.6) is 11.8 Å². The van der Waals surface area contributed by atoms with Crippen molar-refractivity contribution in [2.45, 2.75) is 0 Å². The van der Waals surface area contributed by atoms with Crippen molar-refractivity contribution in [1.82, 2.24) is 39.9 Å². The fraction of sp³-hybridized carbons (Fsp3) is 0.263. The van der Waals surface area contributed by atoms with Crippen molar-refractivity contribution in [1.29, 1.82) is 0 Å². The molecule has 2 fully saturated rings. The van der Waals surface area contributed by atoms with Gasteiger partial charge in [0.1, 0.15) is 22.6 Å². The number of hydrogen-bond donors (Lipinski definition) is 4. The highest BCUT2D eigenvalue weighted by Gasteiger charge is 2.18. The average Bonchev–Trinajstić information content (AvgIpc) is 3.25. The number of hydrogen-bond acceptors (Lipinski definition) is 18. The molecule has 0 bridgehead atoms. The van der Waals surface area contributed by atoms with E-state index in [9.17, 15) is 0 Å². The molecule has 0 aliphatic carbocycles. The van der Waals surface area contributed by atoms with Crippen molar-refractivity contribution in [3.8, 4) is 34.3 Å². The number of anilines is 7. The second kappa shape index (κ2) is 19.8. The molecule has 7 N–H and O–H groups in total. The lowest BCUT2D eigenvalue weighted by Gasteiger charge is -2.27. The van der Waals surface area contributed by atoms with Crippen molar-refractivity contribution in [3.63, 3.8) is 0 Å². The Labute approximate surface area is 334 Å². The van der Waals surface area contributed by atoms with Crippen LogP contribution in [0.15, 0.2) is 85.5 Å². The number of pyridine rings is 4. The van der Waals surface area contributed by atoms with Crippen LogP contribution in [0.2, 0.25) is 5.15 Å². The van der Waals surface area contributed by atoms with Gasteiger partial charge in [-0.3, -0.25) is 0 Å². The summed E-state index contributed by atoms with van der Waals surface area (Å²) in [5.74, 6) is 4.00. The number of halogens is 1. The third-order valence-corrected chi connectivity index (χ3v) is 8.53. The van der Waals surface area contributed by atoms with E-state index in [1.807, 2.05) is 24.3 Å².